The molecular weight excluding hydrogens is 162 g/mol. The molecule has 0 aliphatic heterocycles. The Morgan fingerprint density at radius 1 is 1.23 bits per heavy atom. The van der Waals surface area contributed by atoms with Crippen LogP contribution in [0.15, 0.2) is 0 Å². The predicted molar refractivity (Wildman–Crippen MR) is 58.2 cm³/mol. The monoisotopic (exact) mass is 185 g/mol. The maximum atomic E-state index is 7.07. The second-order valence-corrected chi connectivity index (χ2v) is 3.64. The quantitative estimate of drug-likeness (QED) is 0.344. The predicted octanol–water partition coefficient (Wildman–Crippen LogP) is 1.82. The zero-order chi connectivity index (χ0) is 10.1. The summed E-state index contributed by atoms with van der Waals surface area (Å²) in [5.74, 6) is 0.307. The van der Waals surface area contributed by atoms with Crippen LogP contribution in [0.3, 0.4) is 0 Å². The molecule has 3 heteroatoms. The van der Waals surface area contributed by atoms with Crippen LogP contribution in [0.2, 0.25) is 0 Å². The van der Waals surface area contributed by atoms with E-state index in [4.69, 9.17) is 11.1 Å². The van der Waals surface area contributed by atoms with Gasteiger partial charge in [0.25, 0.3) is 0 Å². The van der Waals surface area contributed by atoms with E-state index in [2.05, 4.69) is 18.9 Å². The summed E-state index contributed by atoms with van der Waals surface area (Å²) in [7, 11) is 2.13. The maximum absolute atomic E-state index is 7.07. The fourth-order valence-electron chi connectivity index (χ4n) is 1.28. The van der Waals surface area contributed by atoms with Crippen molar-refractivity contribution in [2.45, 2.75) is 39.0 Å². The second-order valence-electron chi connectivity index (χ2n) is 3.64. The summed E-state index contributed by atoms with van der Waals surface area (Å²) in [5, 5.41) is 7.07. The van der Waals surface area contributed by atoms with Crippen LogP contribution in [0.25, 0.3) is 0 Å². The van der Waals surface area contributed by atoms with Crippen LogP contribution < -0.4 is 5.73 Å². The molecular formula is C10H23N3. The lowest BCUT2D eigenvalue weighted by atomic mass is 10.2. The molecule has 3 nitrogen and oxygen atoms in total. The Hall–Kier alpha value is -0.570. The lowest BCUT2D eigenvalue weighted by Crippen LogP contribution is -2.22. The van der Waals surface area contributed by atoms with Crippen LogP contribution in [-0.4, -0.2) is 30.9 Å². The highest BCUT2D eigenvalue weighted by Gasteiger charge is 1.97. The molecule has 0 aliphatic carbocycles. The fraction of sp³-hybridized carbons (Fsp3) is 0.900. The zero-order valence-corrected chi connectivity index (χ0v) is 8.97. The van der Waals surface area contributed by atoms with Crippen LogP contribution in [0.1, 0.15) is 39.0 Å². The van der Waals surface area contributed by atoms with E-state index in [1.807, 2.05) is 0 Å². The van der Waals surface area contributed by atoms with Gasteiger partial charge in [-0.1, -0.05) is 19.8 Å². The summed E-state index contributed by atoms with van der Waals surface area (Å²) in [4.78, 5) is 2.32. The Morgan fingerprint density at radius 3 is 2.38 bits per heavy atom. The molecule has 3 N–H and O–H groups in total. The number of nitrogens with zero attached hydrogens (tertiary/aromatic N) is 1. The summed E-state index contributed by atoms with van der Waals surface area (Å²) in [6.07, 6.45) is 5.63. The lowest BCUT2D eigenvalue weighted by Gasteiger charge is -2.15. The van der Waals surface area contributed by atoms with Crippen molar-refractivity contribution in [2.24, 2.45) is 5.73 Å². The van der Waals surface area contributed by atoms with E-state index in [0.29, 0.717) is 5.84 Å². The minimum absolute atomic E-state index is 0.307. The van der Waals surface area contributed by atoms with Crippen molar-refractivity contribution in [2.75, 3.05) is 20.1 Å². The second kappa shape index (κ2) is 8.05. The van der Waals surface area contributed by atoms with Gasteiger partial charge >= 0.3 is 0 Å². The number of hydrogen-bond acceptors (Lipinski definition) is 2. The number of rotatable bonds is 8. The first-order chi connectivity index (χ1) is 6.16. The van der Waals surface area contributed by atoms with Crippen molar-refractivity contribution in [3.63, 3.8) is 0 Å². The third-order valence-electron chi connectivity index (χ3n) is 2.13. The summed E-state index contributed by atoms with van der Waals surface area (Å²) in [5.41, 5.74) is 5.27. The van der Waals surface area contributed by atoms with E-state index in [-0.39, 0.29) is 0 Å². The third-order valence-corrected chi connectivity index (χ3v) is 2.13. The summed E-state index contributed by atoms with van der Waals surface area (Å²) in [6.45, 7) is 4.45. The van der Waals surface area contributed by atoms with Gasteiger partial charge < -0.3 is 10.6 Å². The van der Waals surface area contributed by atoms with E-state index in [9.17, 15) is 0 Å². The van der Waals surface area contributed by atoms with Crippen LogP contribution in [-0.2, 0) is 0 Å². The Labute approximate surface area is 81.8 Å². The molecule has 0 heterocycles. The topological polar surface area (TPSA) is 53.1 Å². The first-order valence-corrected chi connectivity index (χ1v) is 5.18. The highest BCUT2D eigenvalue weighted by molar-refractivity contribution is 5.76. The minimum atomic E-state index is 0.307. The zero-order valence-electron chi connectivity index (χ0n) is 8.97. The molecule has 0 atom stereocenters. The van der Waals surface area contributed by atoms with Gasteiger partial charge in [0.05, 0.1) is 5.84 Å². The van der Waals surface area contributed by atoms with E-state index in [1.165, 1.54) is 25.8 Å². The smallest absolute Gasteiger partial charge is 0.0905 e. The van der Waals surface area contributed by atoms with Gasteiger partial charge in [-0.2, -0.15) is 0 Å². The van der Waals surface area contributed by atoms with Crippen molar-refractivity contribution in [3.8, 4) is 0 Å². The van der Waals surface area contributed by atoms with E-state index >= 15 is 0 Å². The third kappa shape index (κ3) is 9.34. The van der Waals surface area contributed by atoms with E-state index < -0.39 is 0 Å². The standard InChI is InChI=1S/C10H23N3/c1-3-4-5-8-13(2)9-6-7-10(11)12/h3-9H2,1-2H3,(H3,11,12). The van der Waals surface area contributed by atoms with Gasteiger partial charge in [-0.25, -0.2) is 0 Å². The van der Waals surface area contributed by atoms with Crippen LogP contribution >= 0.6 is 0 Å². The van der Waals surface area contributed by atoms with Gasteiger partial charge in [-0.3, -0.25) is 5.41 Å². The van der Waals surface area contributed by atoms with Gasteiger partial charge in [0.15, 0.2) is 0 Å². The van der Waals surface area contributed by atoms with Crippen LogP contribution in [0.5, 0.6) is 0 Å². The fourth-order valence-corrected chi connectivity index (χ4v) is 1.28. The lowest BCUT2D eigenvalue weighted by molar-refractivity contribution is 0.323. The van der Waals surface area contributed by atoms with Crippen molar-refractivity contribution in [1.29, 1.82) is 5.41 Å². The number of nitrogens with two attached hydrogens (primary N) is 1. The molecule has 0 radical (unpaired) electrons. The minimum Gasteiger partial charge on any atom is -0.388 e. The SMILES string of the molecule is CCCCCN(C)CCCC(=N)N. The van der Waals surface area contributed by atoms with E-state index in [0.717, 1.165) is 19.4 Å². The molecule has 0 rings (SSSR count). The first kappa shape index (κ1) is 12.4. The van der Waals surface area contributed by atoms with Crippen molar-refractivity contribution in [3.05, 3.63) is 0 Å². The Bertz CT molecular complexity index is 134. The molecule has 0 amide bonds. The van der Waals surface area contributed by atoms with Gasteiger partial charge in [-0.15, -0.1) is 0 Å². The average Bonchev–Trinajstić information content (AvgIpc) is 2.04. The molecule has 0 bridgehead atoms. The average molecular weight is 185 g/mol. The van der Waals surface area contributed by atoms with Gasteiger partial charge in [0.1, 0.15) is 0 Å². The van der Waals surface area contributed by atoms with Gasteiger partial charge in [0, 0.05) is 6.42 Å². The molecule has 0 aromatic carbocycles. The van der Waals surface area contributed by atoms with Crippen LogP contribution in [0.4, 0.5) is 0 Å². The molecule has 0 fully saturated rings. The summed E-state index contributed by atoms with van der Waals surface area (Å²) >= 11 is 0. The molecule has 0 saturated heterocycles. The van der Waals surface area contributed by atoms with Gasteiger partial charge in [0.2, 0.25) is 0 Å². The highest BCUT2D eigenvalue weighted by atomic mass is 15.1. The molecule has 0 unspecified atom stereocenters. The molecule has 0 spiro atoms. The Morgan fingerprint density at radius 2 is 1.85 bits per heavy atom. The molecule has 78 valence electrons. The number of hydrogen-bond donors (Lipinski definition) is 2. The maximum Gasteiger partial charge on any atom is 0.0905 e. The molecule has 0 saturated carbocycles. The van der Waals surface area contributed by atoms with Gasteiger partial charge in [-0.05, 0) is 33.0 Å². The van der Waals surface area contributed by atoms with Crippen molar-refractivity contribution < 1.29 is 0 Å². The Kier molecular flexibility index (Phi) is 7.69. The first-order valence-electron chi connectivity index (χ1n) is 5.18. The molecule has 13 heavy (non-hydrogen) atoms. The number of unbranched alkanes of at least 4 members (excludes halogenated alkanes) is 2. The normalized spacial score (nSPS) is 10.7. The number of amidine groups is 1. The summed E-state index contributed by atoms with van der Waals surface area (Å²) in [6, 6.07) is 0. The summed E-state index contributed by atoms with van der Waals surface area (Å²) < 4.78 is 0. The number of nitrogens with one attached hydrogen (secondary N) is 1. The highest BCUT2D eigenvalue weighted by Crippen LogP contribution is 1.98. The largest absolute Gasteiger partial charge is 0.388 e. The molecule has 0 aromatic rings. The van der Waals surface area contributed by atoms with Crippen LogP contribution in [0, 0.1) is 5.41 Å². The Balaban J connectivity index is 3.19. The van der Waals surface area contributed by atoms with Crippen molar-refractivity contribution in [1.82, 2.24) is 4.90 Å². The molecule has 0 aliphatic rings. The molecule has 0 aromatic heterocycles. The van der Waals surface area contributed by atoms with Crippen molar-refractivity contribution >= 4 is 5.84 Å². The van der Waals surface area contributed by atoms with E-state index in [1.54, 1.807) is 0 Å².